The highest BCUT2D eigenvalue weighted by atomic mass is 15.1. The highest BCUT2D eigenvalue weighted by Crippen LogP contribution is 2.16. The normalized spacial score (nSPS) is 13.2. The molecule has 1 atom stereocenters. The van der Waals surface area contributed by atoms with Crippen molar-refractivity contribution in [3.05, 3.63) is 24.0 Å². The van der Waals surface area contributed by atoms with Crippen LogP contribution in [0.25, 0.3) is 0 Å². The highest BCUT2D eigenvalue weighted by molar-refractivity contribution is 5.15. The number of likely N-dealkylation sites (N-methyl/N-ethyl adjacent to an activating group) is 1. The fourth-order valence-corrected chi connectivity index (χ4v) is 2.35. The summed E-state index contributed by atoms with van der Waals surface area (Å²) in [6, 6.07) is 2.75. The van der Waals surface area contributed by atoms with Gasteiger partial charge in [0.25, 0.3) is 0 Å². The Kier molecular flexibility index (Phi) is 7.06. The van der Waals surface area contributed by atoms with Gasteiger partial charge >= 0.3 is 0 Å². The fourth-order valence-electron chi connectivity index (χ4n) is 2.35. The quantitative estimate of drug-likeness (QED) is 0.728. The third kappa shape index (κ3) is 4.46. The average molecular weight is 251 g/mol. The number of hydrogen-bond donors (Lipinski definition) is 1. The summed E-state index contributed by atoms with van der Waals surface area (Å²) in [4.78, 5) is 2.46. The molecule has 1 rings (SSSR count). The van der Waals surface area contributed by atoms with Crippen molar-refractivity contribution in [2.45, 2.75) is 46.7 Å². The highest BCUT2D eigenvalue weighted by Gasteiger charge is 2.09. The minimum atomic E-state index is 0.504. The number of aromatic nitrogens is 1. The topological polar surface area (TPSA) is 20.2 Å². The van der Waals surface area contributed by atoms with Gasteiger partial charge in [0.1, 0.15) is 0 Å². The van der Waals surface area contributed by atoms with Crippen molar-refractivity contribution in [1.29, 1.82) is 0 Å². The lowest BCUT2D eigenvalue weighted by atomic mass is 10.1. The molecule has 1 aromatic rings. The van der Waals surface area contributed by atoms with Crippen molar-refractivity contribution in [3.8, 4) is 0 Å². The van der Waals surface area contributed by atoms with E-state index in [4.69, 9.17) is 0 Å². The van der Waals surface area contributed by atoms with Crippen molar-refractivity contribution in [2.24, 2.45) is 0 Å². The summed E-state index contributed by atoms with van der Waals surface area (Å²) in [5.41, 5.74) is 1.42. The minimum absolute atomic E-state index is 0.504. The zero-order valence-corrected chi connectivity index (χ0v) is 12.4. The second kappa shape index (κ2) is 8.33. The molecule has 3 nitrogen and oxygen atoms in total. The first-order chi connectivity index (χ1) is 8.74. The lowest BCUT2D eigenvalue weighted by Gasteiger charge is -2.18. The van der Waals surface area contributed by atoms with Crippen molar-refractivity contribution in [1.82, 2.24) is 14.8 Å². The summed E-state index contributed by atoms with van der Waals surface area (Å²) in [7, 11) is 0. The molecule has 0 saturated heterocycles. The Morgan fingerprint density at radius 3 is 2.50 bits per heavy atom. The molecule has 0 radical (unpaired) electrons. The molecular weight excluding hydrogens is 222 g/mol. The summed E-state index contributed by atoms with van der Waals surface area (Å²) < 4.78 is 2.31. The first-order valence-electron chi connectivity index (χ1n) is 7.36. The number of nitrogens with one attached hydrogen (secondary N) is 1. The smallest absolute Gasteiger partial charge is 0.0347 e. The van der Waals surface area contributed by atoms with E-state index >= 15 is 0 Å². The molecule has 104 valence electrons. The van der Waals surface area contributed by atoms with Gasteiger partial charge in [-0.3, -0.25) is 0 Å². The second-order valence-corrected chi connectivity index (χ2v) is 4.73. The van der Waals surface area contributed by atoms with Gasteiger partial charge in [-0.2, -0.15) is 0 Å². The van der Waals surface area contributed by atoms with E-state index in [1.54, 1.807) is 0 Å². The second-order valence-electron chi connectivity index (χ2n) is 4.73. The van der Waals surface area contributed by atoms with Gasteiger partial charge in [0.05, 0.1) is 0 Å². The Morgan fingerprint density at radius 2 is 1.94 bits per heavy atom. The van der Waals surface area contributed by atoms with Crippen molar-refractivity contribution in [3.63, 3.8) is 0 Å². The number of nitrogens with zero attached hydrogens (tertiary/aromatic N) is 2. The number of hydrogen-bond acceptors (Lipinski definition) is 2. The zero-order valence-electron chi connectivity index (χ0n) is 12.4. The Hall–Kier alpha value is -0.800. The van der Waals surface area contributed by atoms with Crippen molar-refractivity contribution in [2.75, 3.05) is 26.2 Å². The maximum atomic E-state index is 3.53. The molecule has 0 aliphatic rings. The Bertz CT molecular complexity index is 315. The van der Waals surface area contributed by atoms with Crippen LogP contribution in [0.15, 0.2) is 18.5 Å². The van der Waals surface area contributed by atoms with Crippen LogP contribution in [0.2, 0.25) is 0 Å². The van der Waals surface area contributed by atoms with Gasteiger partial charge in [0.15, 0.2) is 0 Å². The van der Waals surface area contributed by atoms with Crippen molar-refractivity contribution >= 4 is 0 Å². The van der Waals surface area contributed by atoms with Crippen LogP contribution in [0.1, 0.15) is 45.7 Å². The summed E-state index contributed by atoms with van der Waals surface area (Å²) in [6.45, 7) is 14.4. The summed E-state index contributed by atoms with van der Waals surface area (Å²) >= 11 is 0. The first-order valence-corrected chi connectivity index (χ1v) is 7.36. The molecule has 0 aliphatic carbocycles. The van der Waals surface area contributed by atoms with Crippen LogP contribution in [0, 0.1) is 0 Å². The summed E-state index contributed by atoms with van der Waals surface area (Å²) in [5, 5.41) is 3.53. The van der Waals surface area contributed by atoms with Crippen LogP contribution < -0.4 is 5.32 Å². The lowest BCUT2D eigenvalue weighted by molar-refractivity contribution is 0.290. The fraction of sp³-hybridized carbons (Fsp3) is 0.733. The molecule has 18 heavy (non-hydrogen) atoms. The molecule has 1 heterocycles. The van der Waals surface area contributed by atoms with E-state index in [0.29, 0.717) is 6.04 Å². The summed E-state index contributed by atoms with van der Waals surface area (Å²) in [6.07, 6.45) is 5.65. The van der Waals surface area contributed by atoms with Gasteiger partial charge in [0, 0.05) is 31.5 Å². The van der Waals surface area contributed by atoms with E-state index in [1.807, 2.05) is 0 Å². The Morgan fingerprint density at radius 1 is 1.22 bits per heavy atom. The molecular formula is C15H29N3. The maximum absolute atomic E-state index is 3.53. The van der Waals surface area contributed by atoms with Crippen molar-refractivity contribution < 1.29 is 0 Å². The van der Waals surface area contributed by atoms with E-state index in [1.165, 1.54) is 5.56 Å². The van der Waals surface area contributed by atoms with E-state index in [9.17, 15) is 0 Å². The van der Waals surface area contributed by atoms with E-state index in [-0.39, 0.29) is 0 Å². The SMILES string of the molecule is CCNC(CC)c1ccn(CCN(CC)CC)c1. The van der Waals surface area contributed by atoms with Crippen LogP contribution in [-0.4, -0.2) is 35.6 Å². The third-order valence-electron chi connectivity index (χ3n) is 3.60. The first kappa shape index (κ1) is 15.3. The van der Waals surface area contributed by atoms with Crippen LogP contribution in [0.4, 0.5) is 0 Å². The van der Waals surface area contributed by atoms with Gasteiger partial charge in [-0.15, -0.1) is 0 Å². The molecule has 3 heteroatoms. The zero-order chi connectivity index (χ0) is 13.4. The molecule has 0 aliphatic heterocycles. The standard InChI is InChI=1S/C15H29N3/c1-5-15(16-6-2)14-9-10-18(13-14)12-11-17(7-3)8-4/h9-10,13,15-16H,5-8,11-12H2,1-4H3. The van der Waals surface area contributed by atoms with Crippen LogP contribution in [-0.2, 0) is 6.54 Å². The minimum Gasteiger partial charge on any atom is -0.353 e. The summed E-state index contributed by atoms with van der Waals surface area (Å²) in [5.74, 6) is 0. The molecule has 1 N–H and O–H groups in total. The van der Waals surface area contributed by atoms with E-state index in [0.717, 1.165) is 39.1 Å². The monoisotopic (exact) mass is 251 g/mol. The molecule has 0 aromatic carbocycles. The Labute approximate surface area is 112 Å². The van der Waals surface area contributed by atoms with Gasteiger partial charge in [-0.1, -0.05) is 27.7 Å². The molecule has 1 aromatic heterocycles. The van der Waals surface area contributed by atoms with Gasteiger partial charge in [0.2, 0.25) is 0 Å². The van der Waals surface area contributed by atoms with Gasteiger partial charge in [-0.05, 0) is 37.7 Å². The van der Waals surface area contributed by atoms with Crippen LogP contribution in [0.5, 0.6) is 0 Å². The van der Waals surface area contributed by atoms with Gasteiger partial charge in [-0.25, -0.2) is 0 Å². The molecule has 0 bridgehead atoms. The molecule has 0 saturated carbocycles. The lowest BCUT2D eigenvalue weighted by Crippen LogP contribution is -2.26. The average Bonchev–Trinajstić information content (AvgIpc) is 2.86. The Balaban J connectivity index is 2.51. The molecule has 0 amide bonds. The van der Waals surface area contributed by atoms with Gasteiger partial charge < -0.3 is 14.8 Å². The van der Waals surface area contributed by atoms with Crippen LogP contribution >= 0.6 is 0 Å². The predicted molar refractivity (Wildman–Crippen MR) is 78.9 cm³/mol. The van der Waals surface area contributed by atoms with E-state index in [2.05, 4.69) is 60.9 Å². The molecule has 0 spiro atoms. The number of rotatable bonds is 9. The maximum Gasteiger partial charge on any atom is 0.0347 e. The van der Waals surface area contributed by atoms with E-state index < -0.39 is 0 Å². The van der Waals surface area contributed by atoms with Crippen LogP contribution in [0.3, 0.4) is 0 Å². The third-order valence-corrected chi connectivity index (χ3v) is 3.60. The predicted octanol–water partition coefficient (Wildman–Crippen LogP) is 2.89. The molecule has 1 unspecified atom stereocenters. The molecule has 0 fully saturated rings. The largest absolute Gasteiger partial charge is 0.353 e.